The van der Waals surface area contributed by atoms with E-state index in [1.807, 2.05) is 22.6 Å². The molecule has 0 spiro atoms. The van der Waals surface area contributed by atoms with Crippen molar-refractivity contribution in [1.29, 1.82) is 0 Å². The van der Waals surface area contributed by atoms with Crippen LogP contribution in [0.2, 0.25) is 0 Å². The third kappa shape index (κ3) is 1.05. The molecule has 38 valence electrons. The molecular formula is C3H3IN2O. The van der Waals surface area contributed by atoms with Crippen LogP contribution in [0.1, 0.15) is 0 Å². The van der Waals surface area contributed by atoms with Crippen LogP contribution < -0.4 is 0 Å². The topological polar surface area (TPSA) is 38.0 Å². The SMILES string of the molecule is On1cnc(I)c1. The van der Waals surface area contributed by atoms with Crippen molar-refractivity contribution in [1.82, 2.24) is 9.71 Å². The summed E-state index contributed by atoms with van der Waals surface area (Å²) in [6.45, 7) is 0. The molecule has 0 radical (unpaired) electrons. The summed E-state index contributed by atoms with van der Waals surface area (Å²) >= 11 is 2.01. The fraction of sp³-hybridized carbons (Fsp3) is 0. The van der Waals surface area contributed by atoms with Gasteiger partial charge in [-0.05, 0) is 22.6 Å². The fourth-order valence-corrected chi connectivity index (χ4v) is 0.700. The zero-order chi connectivity index (χ0) is 5.28. The number of rotatable bonds is 0. The molecule has 0 aliphatic heterocycles. The Morgan fingerprint density at radius 2 is 2.57 bits per heavy atom. The van der Waals surface area contributed by atoms with E-state index in [1.165, 1.54) is 12.5 Å². The largest absolute Gasteiger partial charge is 0.427 e. The lowest BCUT2D eigenvalue weighted by Crippen LogP contribution is -1.79. The molecule has 1 aromatic rings. The third-order valence-corrected chi connectivity index (χ3v) is 1.10. The fourth-order valence-electron chi connectivity index (χ4n) is 0.290. The first kappa shape index (κ1) is 4.89. The second kappa shape index (κ2) is 1.69. The van der Waals surface area contributed by atoms with E-state index in [1.54, 1.807) is 0 Å². The lowest BCUT2D eigenvalue weighted by Gasteiger charge is -1.77. The molecule has 0 unspecified atom stereocenters. The van der Waals surface area contributed by atoms with E-state index in [0.29, 0.717) is 0 Å². The van der Waals surface area contributed by atoms with Gasteiger partial charge in [-0.25, -0.2) is 4.98 Å². The zero-order valence-electron chi connectivity index (χ0n) is 3.37. The van der Waals surface area contributed by atoms with Crippen molar-refractivity contribution < 1.29 is 5.21 Å². The monoisotopic (exact) mass is 210 g/mol. The summed E-state index contributed by atoms with van der Waals surface area (Å²) in [5.74, 6) is 0. The number of hydrogen-bond acceptors (Lipinski definition) is 2. The van der Waals surface area contributed by atoms with Crippen LogP contribution in [-0.4, -0.2) is 14.9 Å². The maximum absolute atomic E-state index is 8.50. The smallest absolute Gasteiger partial charge is 0.132 e. The van der Waals surface area contributed by atoms with Crippen LogP contribution in [0.25, 0.3) is 0 Å². The number of aromatic nitrogens is 2. The van der Waals surface area contributed by atoms with Gasteiger partial charge in [0.15, 0.2) is 0 Å². The van der Waals surface area contributed by atoms with Gasteiger partial charge < -0.3 is 5.21 Å². The molecule has 0 aliphatic carbocycles. The molecule has 0 aromatic carbocycles. The summed E-state index contributed by atoms with van der Waals surface area (Å²) in [4.78, 5) is 3.72. The van der Waals surface area contributed by atoms with Crippen molar-refractivity contribution in [2.45, 2.75) is 0 Å². The molecule has 1 rings (SSSR count). The van der Waals surface area contributed by atoms with Gasteiger partial charge in [-0.3, -0.25) is 0 Å². The molecule has 1 aromatic heterocycles. The van der Waals surface area contributed by atoms with E-state index < -0.39 is 0 Å². The highest BCUT2D eigenvalue weighted by Gasteiger charge is 1.86. The van der Waals surface area contributed by atoms with Crippen LogP contribution in [0.3, 0.4) is 0 Å². The summed E-state index contributed by atoms with van der Waals surface area (Å²) in [5.41, 5.74) is 0. The van der Waals surface area contributed by atoms with Gasteiger partial charge in [0.25, 0.3) is 0 Å². The van der Waals surface area contributed by atoms with Gasteiger partial charge in [0.1, 0.15) is 10.0 Å². The van der Waals surface area contributed by atoms with Gasteiger partial charge in [0.2, 0.25) is 0 Å². The summed E-state index contributed by atoms with van der Waals surface area (Å²) in [5, 5.41) is 8.50. The number of hydrogen-bond donors (Lipinski definition) is 1. The third-order valence-electron chi connectivity index (χ3n) is 0.538. The molecule has 1 N–H and O–H groups in total. The highest BCUT2D eigenvalue weighted by Crippen LogP contribution is 1.95. The average Bonchev–Trinajstić information content (AvgIpc) is 1.87. The van der Waals surface area contributed by atoms with Crippen molar-refractivity contribution in [2.75, 3.05) is 0 Å². The number of nitrogens with zero attached hydrogens (tertiary/aromatic N) is 2. The van der Waals surface area contributed by atoms with Gasteiger partial charge in [-0.1, -0.05) is 0 Å². The Labute approximate surface area is 54.1 Å². The minimum absolute atomic E-state index is 0.792. The number of halogens is 1. The molecule has 0 amide bonds. The Kier molecular flexibility index (Phi) is 1.18. The van der Waals surface area contributed by atoms with E-state index in [9.17, 15) is 0 Å². The van der Waals surface area contributed by atoms with Crippen LogP contribution in [0.4, 0.5) is 0 Å². The second-order valence-corrected chi connectivity index (χ2v) is 2.18. The zero-order valence-corrected chi connectivity index (χ0v) is 5.53. The van der Waals surface area contributed by atoms with Gasteiger partial charge in [0, 0.05) is 0 Å². The molecular weight excluding hydrogens is 207 g/mol. The Balaban J connectivity index is 3.04. The van der Waals surface area contributed by atoms with E-state index in [-0.39, 0.29) is 0 Å². The molecule has 0 bridgehead atoms. The Bertz CT molecular complexity index is 145. The van der Waals surface area contributed by atoms with Gasteiger partial charge in [-0.15, -0.1) is 0 Å². The molecule has 0 aliphatic rings. The van der Waals surface area contributed by atoms with Crippen molar-refractivity contribution >= 4 is 22.6 Å². The minimum atomic E-state index is 0.792. The molecule has 0 fully saturated rings. The van der Waals surface area contributed by atoms with E-state index in [2.05, 4.69) is 4.98 Å². The first-order chi connectivity index (χ1) is 3.29. The van der Waals surface area contributed by atoms with Crippen LogP contribution >= 0.6 is 22.6 Å². The maximum atomic E-state index is 8.50. The van der Waals surface area contributed by atoms with Crippen LogP contribution in [-0.2, 0) is 0 Å². The number of imidazole rings is 1. The van der Waals surface area contributed by atoms with Crippen LogP contribution in [0, 0.1) is 3.70 Å². The van der Waals surface area contributed by atoms with Crippen LogP contribution in [0.15, 0.2) is 12.5 Å². The van der Waals surface area contributed by atoms with Crippen molar-refractivity contribution in [3.05, 3.63) is 16.2 Å². The summed E-state index contributed by atoms with van der Waals surface area (Å²) in [6, 6.07) is 0. The average molecular weight is 210 g/mol. The molecule has 0 saturated heterocycles. The lowest BCUT2D eigenvalue weighted by atomic mass is 11.0. The Hall–Kier alpha value is -0.260. The predicted molar refractivity (Wildman–Crippen MR) is 32.1 cm³/mol. The van der Waals surface area contributed by atoms with Gasteiger partial charge >= 0.3 is 0 Å². The highest BCUT2D eigenvalue weighted by molar-refractivity contribution is 14.1. The summed E-state index contributed by atoms with van der Waals surface area (Å²) in [6.07, 6.45) is 2.85. The standard InChI is InChI=1S/C3H3IN2O/c4-3-1-6(7)2-5-3/h1-2,7H. The lowest BCUT2D eigenvalue weighted by molar-refractivity contribution is 0.185. The van der Waals surface area contributed by atoms with E-state index in [0.717, 1.165) is 8.43 Å². The summed E-state index contributed by atoms with van der Waals surface area (Å²) in [7, 11) is 0. The maximum Gasteiger partial charge on any atom is 0.132 e. The highest BCUT2D eigenvalue weighted by atomic mass is 127. The Morgan fingerprint density at radius 3 is 2.71 bits per heavy atom. The summed E-state index contributed by atoms with van der Waals surface area (Å²) < 4.78 is 1.71. The second-order valence-electron chi connectivity index (χ2n) is 1.08. The van der Waals surface area contributed by atoms with Crippen molar-refractivity contribution in [2.24, 2.45) is 0 Å². The quantitative estimate of drug-likeness (QED) is 0.506. The first-order valence-corrected chi connectivity index (χ1v) is 2.75. The van der Waals surface area contributed by atoms with Crippen molar-refractivity contribution in [3.63, 3.8) is 0 Å². The van der Waals surface area contributed by atoms with Gasteiger partial charge in [0.05, 0.1) is 6.20 Å². The predicted octanol–water partition coefficient (Wildman–Crippen LogP) is 0.725. The van der Waals surface area contributed by atoms with E-state index in [4.69, 9.17) is 5.21 Å². The van der Waals surface area contributed by atoms with Crippen molar-refractivity contribution in [3.8, 4) is 0 Å². The molecule has 4 heteroatoms. The van der Waals surface area contributed by atoms with Gasteiger partial charge in [-0.2, -0.15) is 4.73 Å². The normalized spacial score (nSPS) is 9.29. The molecule has 1 heterocycles. The molecule has 7 heavy (non-hydrogen) atoms. The molecule has 3 nitrogen and oxygen atoms in total. The first-order valence-electron chi connectivity index (χ1n) is 1.68. The minimum Gasteiger partial charge on any atom is -0.427 e. The van der Waals surface area contributed by atoms with E-state index >= 15 is 0 Å². The molecule has 0 saturated carbocycles. The Morgan fingerprint density at radius 1 is 1.86 bits per heavy atom. The molecule has 0 atom stereocenters. The van der Waals surface area contributed by atoms with Crippen LogP contribution in [0.5, 0.6) is 0 Å².